The summed E-state index contributed by atoms with van der Waals surface area (Å²) < 4.78 is 10.8. The van der Waals surface area contributed by atoms with E-state index in [0.717, 1.165) is 5.56 Å². The van der Waals surface area contributed by atoms with Crippen LogP contribution in [0, 0.1) is 5.92 Å². The van der Waals surface area contributed by atoms with Crippen LogP contribution in [0.1, 0.15) is 36.9 Å². The van der Waals surface area contributed by atoms with Crippen LogP contribution in [0.15, 0.2) is 47.0 Å². The number of carboxylic acid groups (broad SMARTS) is 1. The minimum Gasteiger partial charge on any atom is -0.489 e. The highest BCUT2D eigenvalue weighted by molar-refractivity contribution is 6.34. The molecule has 0 saturated heterocycles. The second-order valence-electron chi connectivity index (χ2n) is 8.03. The van der Waals surface area contributed by atoms with Crippen LogP contribution in [0.4, 0.5) is 5.69 Å². The Kier molecular flexibility index (Phi) is 8.55. The third-order valence-electron chi connectivity index (χ3n) is 4.81. The van der Waals surface area contributed by atoms with Gasteiger partial charge in [-0.1, -0.05) is 41.3 Å². The molecule has 1 unspecified atom stereocenters. The van der Waals surface area contributed by atoms with E-state index in [2.05, 4.69) is 15.8 Å². The summed E-state index contributed by atoms with van der Waals surface area (Å²) >= 11 is 12.6. The highest BCUT2D eigenvalue weighted by Crippen LogP contribution is 2.31. The molecule has 0 fully saturated rings. The lowest BCUT2D eigenvalue weighted by Gasteiger charge is -2.11. The lowest BCUT2D eigenvalue weighted by molar-refractivity contribution is -0.140. The normalized spacial score (nSPS) is 11.9. The lowest BCUT2D eigenvalue weighted by Crippen LogP contribution is -2.25. The maximum absolute atomic E-state index is 12.6. The molecule has 1 heterocycles. The summed E-state index contributed by atoms with van der Waals surface area (Å²) in [4.78, 5) is 23.5. The molecule has 3 aromatic rings. The van der Waals surface area contributed by atoms with Gasteiger partial charge in [0.05, 0.1) is 27.8 Å². The number of halogens is 2. The number of carbonyl (C=O) groups is 2. The second-order valence-corrected chi connectivity index (χ2v) is 8.84. The van der Waals surface area contributed by atoms with Crippen molar-refractivity contribution < 1.29 is 24.0 Å². The first-order chi connectivity index (χ1) is 16.1. The summed E-state index contributed by atoms with van der Waals surface area (Å²) in [6, 6.07) is 11.9. The second kappa shape index (κ2) is 11.4. The van der Waals surface area contributed by atoms with Crippen LogP contribution in [0.3, 0.4) is 0 Å². The van der Waals surface area contributed by atoms with Crippen LogP contribution in [0.2, 0.25) is 10.0 Å². The number of benzene rings is 2. The van der Waals surface area contributed by atoms with E-state index < -0.39 is 17.8 Å². The van der Waals surface area contributed by atoms with Crippen LogP contribution in [-0.4, -0.2) is 34.8 Å². The maximum atomic E-state index is 12.6. The highest BCUT2D eigenvalue weighted by Gasteiger charge is 2.17. The summed E-state index contributed by atoms with van der Waals surface area (Å²) in [6.45, 7) is 6.22. The van der Waals surface area contributed by atoms with Crippen LogP contribution in [0.5, 0.6) is 5.75 Å². The van der Waals surface area contributed by atoms with Crippen LogP contribution >= 0.6 is 23.2 Å². The zero-order chi connectivity index (χ0) is 24.8. The smallest absolute Gasteiger partial charge is 0.307 e. The van der Waals surface area contributed by atoms with E-state index in [1.54, 1.807) is 43.3 Å². The van der Waals surface area contributed by atoms with E-state index in [4.69, 9.17) is 37.6 Å². The molecule has 34 heavy (non-hydrogen) atoms. The number of carboxylic acids is 1. The Morgan fingerprint density at radius 1 is 1.09 bits per heavy atom. The van der Waals surface area contributed by atoms with Crippen molar-refractivity contribution in [3.05, 3.63) is 63.8 Å². The maximum Gasteiger partial charge on any atom is 0.307 e. The Labute approximate surface area is 207 Å². The number of amides is 1. The van der Waals surface area contributed by atoms with E-state index in [9.17, 15) is 9.59 Å². The van der Waals surface area contributed by atoms with Gasteiger partial charge in [-0.05, 0) is 49.7 Å². The van der Waals surface area contributed by atoms with Crippen molar-refractivity contribution in [3.8, 4) is 17.0 Å². The quantitative estimate of drug-likeness (QED) is 0.333. The molecule has 8 nitrogen and oxygen atoms in total. The third kappa shape index (κ3) is 6.72. The van der Waals surface area contributed by atoms with E-state index in [1.807, 2.05) is 13.8 Å². The number of nitrogens with zero attached hydrogens (tertiary/aromatic N) is 1. The number of aliphatic carboxylic acids is 1. The van der Waals surface area contributed by atoms with E-state index in [1.165, 1.54) is 6.07 Å². The number of hydrogen-bond donors (Lipinski definition) is 3. The topological polar surface area (TPSA) is 114 Å². The molecule has 1 atom stereocenters. The Balaban J connectivity index is 1.63. The number of aromatic nitrogens is 1. The predicted octanol–water partition coefficient (Wildman–Crippen LogP) is 5.50. The van der Waals surface area contributed by atoms with Crippen LogP contribution < -0.4 is 15.4 Å². The van der Waals surface area contributed by atoms with Crippen molar-refractivity contribution in [2.24, 2.45) is 5.92 Å². The molecule has 1 aromatic heterocycles. The average Bonchev–Trinajstić information content (AvgIpc) is 3.27. The Morgan fingerprint density at radius 3 is 2.50 bits per heavy atom. The Bertz CT molecular complexity index is 1180. The number of rotatable bonds is 10. The lowest BCUT2D eigenvalue weighted by atomic mass is 10.1. The van der Waals surface area contributed by atoms with Crippen LogP contribution in [-0.2, 0) is 11.3 Å². The molecule has 0 aliphatic rings. The predicted molar refractivity (Wildman–Crippen MR) is 131 cm³/mol. The van der Waals surface area contributed by atoms with Crippen molar-refractivity contribution >= 4 is 40.8 Å². The summed E-state index contributed by atoms with van der Waals surface area (Å²) in [5.41, 5.74) is 2.39. The van der Waals surface area contributed by atoms with Gasteiger partial charge in [-0.3, -0.25) is 9.59 Å². The van der Waals surface area contributed by atoms with Gasteiger partial charge >= 0.3 is 5.97 Å². The summed E-state index contributed by atoms with van der Waals surface area (Å²) in [7, 11) is 0. The monoisotopic (exact) mass is 505 g/mol. The van der Waals surface area contributed by atoms with E-state index in [-0.39, 0.29) is 11.9 Å². The van der Waals surface area contributed by atoms with Crippen LogP contribution in [0.25, 0.3) is 11.3 Å². The zero-order valence-corrected chi connectivity index (χ0v) is 20.4. The van der Waals surface area contributed by atoms with Gasteiger partial charge in [0.25, 0.3) is 5.91 Å². The molecule has 0 bridgehead atoms. The first-order valence-corrected chi connectivity index (χ1v) is 11.4. The van der Waals surface area contributed by atoms with Gasteiger partial charge in [0.15, 0.2) is 0 Å². The van der Waals surface area contributed by atoms with Crippen molar-refractivity contribution in [1.29, 1.82) is 0 Å². The number of nitrogens with one attached hydrogen (secondary N) is 2. The summed E-state index contributed by atoms with van der Waals surface area (Å²) in [5, 5.41) is 19.4. The van der Waals surface area contributed by atoms with Gasteiger partial charge in [-0.2, -0.15) is 0 Å². The molecule has 0 radical (unpaired) electrons. The molecule has 0 spiro atoms. The van der Waals surface area contributed by atoms with Crippen molar-refractivity contribution in [2.45, 2.75) is 33.4 Å². The largest absolute Gasteiger partial charge is 0.489 e. The van der Waals surface area contributed by atoms with Gasteiger partial charge in [-0.15, -0.1) is 0 Å². The SMILES string of the molecule is CC(C)Oc1ccc(-c2cc(C(=O)Nc3ccc(CNCC(C)C(=O)O)cc3Cl)on2)cc1Cl. The molecule has 2 aromatic carbocycles. The fourth-order valence-electron chi connectivity index (χ4n) is 3.00. The first kappa shape index (κ1) is 25.6. The van der Waals surface area contributed by atoms with Gasteiger partial charge in [0, 0.05) is 24.7 Å². The van der Waals surface area contributed by atoms with Gasteiger partial charge < -0.3 is 25.0 Å². The van der Waals surface area contributed by atoms with Gasteiger partial charge in [-0.25, -0.2) is 0 Å². The molecule has 0 aliphatic heterocycles. The molecule has 0 aliphatic carbocycles. The Hall–Kier alpha value is -3.07. The van der Waals surface area contributed by atoms with E-state index in [0.29, 0.717) is 45.8 Å². The molecule has 1 amide bonds. The number of carbonyl (C=O) groups excluding carboxylic acids is 1. The average molecular weight is 506 g/mol. The molecule has 180 valence electrons. The molecule has 0 saturated carbocycles. The third-order valence-corrected chi connectivity index (χ3v) is 5.42. The zero-order valence-electron chi connectivity index (χ0n) is 18.9. The Morgan fingerprint density at radius 2 is 1.85 bits per heavy atom. The minimum absolute atomic E-state index is 0.0107. The molecule has 3 N–H and O–H groups in total. The molecule has 10 heteroatoms. The van der Waals surface area contributed by atoms with Gasteiger partial charge in [0.2, 0.25) is 5.76 Å². The minimum atomic E-state index is -0.862. The standard InChI is InChI=1S/C24H25Cl2N3O5/c1-13(2)33-21-7-5-16(9-18(21)26)20-10-22(34-29-20)23(30)28-19-6-4-15(8-17(19)25)12-27-11-14(3)24(31)32/h4-10,13-14,27H,11-12H2,1-3H3,(H,28,30)(H,31,32). The number of anilines is 1. The summed E-state index contributed by atoms with van der Waals surface area (Å²) in [5.74, 6) is -1.29. The van der Waals surface area contributed by atoms with E-state index >= 15 is 0 Å². The first-order valence-electron chi connectivity index (χ1n) is 10.6. The summed E-state index contributed by atoms with van der Waals surface area (Å²) in [6.07, 6.45) is -0.0107. The molecule has 3 rings (SSSR count). The van der Waals surface area contributed by atoms with Crippen molar-refractivity contribution in [2.75, 3.05) is 11.9 Å². The van der Waals surface area contributed by atoms with Gasteiger partial charge in [0.1, 0.15) is 11.4 Å². The fraction of sp³-hybridized carbons (Fsp3) is 0.292. The van der Waals surface area contributed by atoms with Crippen molar-refractivity contribution in [1.82, 2.24) is 10.5 Å². The van der Waals surface area contributed by atoms with Crippen molar-refractivity contribution in [3.63, 3.8) is 0 Å². The fourth-order valence-corrected chi connectivity index (χ4v) is 3.48. The molecular weight excluding hydrogens is 481 g/mol. The number of hydrogen-bond acceptors (Lipinski definition) is 6. The highest BCUT2D eigenvalue weighted by atomic mass is 35.5. The number of ether oxygens (including phenoxy) is 1. The molecular formula is C24H25Cl2N3O5.